The van der Waals surface area contributed by atoms with Gasteiger partial charge in [-0.1, -0.05) is 38.1 Å². The van der Waals surface area contributed by atoms with Crippen molar-refractivity contribution in [2.45, 2.75) is 39.3 Å². The first-order valence-corrected chi connectivity index (χ1v) is 8.08. The molecule has 1 aromatic rings. The third-order valence-corrected chi connectivity index (χ3v) is 4.51. The van der Waals surface area contributed by atoms with Crippen molar-refractivity contribution in [3.05, 3.63) is 35.4 Å². The lowest BCUT2D eigenvalue weighted by molar-refractivity contribution is -0.281. The molecular formula is C18H26O4. The molecule has 0 radical (unpaired) electrons. The third-order valence-electron chi connectivity index (χ3n) is 4.51. The lowest BCUT2D eigenvalue weighted by Gasteiger charge is -2.38. The van der Waals surface area contributed by atoms with Gasteiger partial charge in [-0.05, 0) is 13.8 Å². The molecule has 1 aromatic carbocycles. The zero-order valence-electron chi connectivity index (χ0n) is 13.9. The van der Waals surface area contributed by atoms with Crippen molar-refractivity contribution in [3.8, 4) is 0 Å². The lowest BCUT2D eigenvalue weighted by Crippen LogP contribution is -2.40. The SMILES string of the molecule is CC1COC(C)(c2ccc(C3(C)OCC(C)CO3)cc2)OC1. The molecule has 2 saturated heterocycles. The second-order valence-corrected chi connectivity index (χ2v) is 6.92. The quantitative estimate of drug-likeness (QED) is 0.839. The van der Waals surface area contributed by atoms with Crippen molar-refractivity contribution in [1.29, 1.82) is 0 Å². The van der Waals surface area contributed by atoms with Crippen LogP contribution >= 0.6 is 0 Å². The molecule has 4 nitrogen and oxygen atoms in total. The molecule has 0 bridgehead atoms. The maximum atomic E-state index is 5.90. The van der Waals surface area contributed by atoms with E-state index in [1.54, 1.807) is 0 Å². The summed E-state index contributed by atoms with van der Waals surface area (Å²) in [4.78, 5) is 0. The fraction of sp³-hybridized carbons (Fsp3) is 0.667. The van der Waals surface area contributed by atoms with Gasteiger partial charge < -0.3 is 18.9 Å². The molecule has 0 amide bonds. The van der Waals surface area contributed by atoms with Crippen LogP contribution in [0.4, 0.5) is 0 Å². The van der Waals surface area contributed by atoms with Gasteiger partial charge in [-0.2, -0.15) is 0 Å². The minimum atomic E-state index is -0.658. The smallest absolute Gasteiger partial charge is 0.191 e. The van der Waals surface area contributed by atoms with Gasteiger partial charge in [0.25, 0.3) is 0 Å². The normalized spacial score (nSPS) is 39.6. The Bertz CT molecular complexity index is 447. The molecule has 3 rings (SSSR count). The molecule has 4 heteroatoms. The molecule has 122 valence electrons. The summed E-state index contributed by atoms with van der Waals surface area (Å²) in [6, 6.07) is 8.17. The predicted octanol–water partition coefficient (Wildman–Crippen LogP) is 3.40. The molecule has 0 N–H and O–H groups in total. The monoisotopic (exact) mass is 306 g/mol. The second kappa shape index (κ2) is 5.93. The van der Waals surface area contributed by atoms with Crippen LogP contribution in [-0.4, -0.2) is 26.4 Å². The van der Waals surface area contributed by atoms with Gasteiger partial charge in [-0.3, -0.25) is 0 Å². The van der Waals surface area contributed by atoms with Crippen LogP contribution < -0.4 is 0 Å². The number of ether oxygens (including phenoxy) is 4. The summed E-state index contributed by atoms with van der Waals surface area (Å²) in [5, 5.41) is 0. The minimum Gasteiger partial charge on any atom is -0.346 e. The summed E-state index contributed by atoms with van der Waals surface area (Å²) < 4.78 is 23.6. The molecule has 0 unspecified atom stereocenters. The van der Waals surface area contributed by atoms with E-state index in [4.69, 9.17) is 18.9 Å². The van der Waals surface area contributed by atoms with E-state index in [-0.39, 0.29) is 0 Å². The Morgan fingerprint density at radius 2 is 0.955 bits per heavy atom. The van der Waals surface area contributed by atoms with E-state index in [0.29, 0.717) is 11.8 Å². The standard InChI is InChI=1S/C18H26O4/c1-13-9-19-17(3,20-10-13)15-5-7-16(8-6-15)18(4)21-11-14(2)12-22-18/h5-8,13-14H,9-12H2,1-4H3. The number of benzene rings is 1. The zero-order valence-corrected chi connectivity index (χ0v) is 13.9. The summed E-state index contributed by atoms with van der Waals surface area (Å²) in [7, 11) is 0. The molecule has 0 aromatic heterocycles. The maximum Gasteiger partial charge on any atom is 0.191 e. The van der Waals surface area contributed by atoms with Crippen LogP contribution in [0.15, 0.2) is 24.3 Å². The van der Waals surface area contributed by atoms with Crippen LogP contribution in [0.5, 0.6) is 0 Å². The van der Waals surface area contributed by atoms with Crippen molar-refractivity contribution in [1.82, 2.24) is 0 Å². The summed E-state index contributed by atoms with van der Waals surface area (Å²) in [6.45, 7) is 11.1. The number of rotatable bonds is 2. The van der Waals surface area contributed by atoms with Crippen LogP contribution in [0, 0.1) is 11.8 Å². The van der Waals surface area contributed by atoms with E-state index in [1.807, 2.05) is 38.1 Å². The van der Waals surface area contributed by atoms with E-state index >= 15 is 0 Å². The van der Waals surface area contributed by atoms with Gasteiger partial charge in [0.15, 0.2) is 11.6 Å². The molecule has 2 fully saturated rings. The van der Waals surface area contributed by atoms with Gasteiger partial charge in [0, 0.05) is 23.0 Å². The topological polar surface area (TPSA) is 36.9 Å². The van der Waals surface area contributed by atoms with Gasteiger partial charge in [0.1, 0.15) is 0 Å². The Hall–Kier alpha value is -0.940. The fourth-order valence-electron chi connectivity index (χ4n) is 2.79. The summed E-state index contributed by atoms with van der Waals surface area (Å²) in [5.41, 5.74) is 2.05. The van der Waals surface area contributed by atoms with Gasteiger partial charge in [0.2, 0.25) is 0 Å². The lowest BCUT2D eigenvalue weighted by atomic mass is 9.99. The zero-order chi connectivity index (χ0) is 15.8. The van der Waals surface area contributed by atoms with Crippen LogP contribution in [0.25, 0.3) is 0 Å². The largest absolute Gasteiger partial charge is 0.346 e. The molecular weight excluding hydrogens is 280 g/mol. The first kappa shape index (κ1) is 15.9. The summed E-state index contributed by atoms with van der Waals surface area (Å²) in [6.07, 6.45) is 0. The maximum absolute atomic E-state index is 5.90. The van der Waals surface area contributed by atoms with E-state index in [0.717, 1.165) is 37.6 Å². The molecule has 2 aliphatic rings. The highest BCUT2D eigenvalue weighted by molar-refractivity contribution is 5.28. The average molecular weight is 306 g/mol. The van der Waals surface area contributed by atoms with Crippen LogP contribution in [-0.2, 0) is 30.5 Å². The average Bonchev–Trinajstić information content (AvgIpc) is 2.54. The van der Waals surface area contributed by atoms with Gasteiger partial charge >= 0.3 is 0 Å². The Morgan fingerprint density at radius 1 is 0.682 bits per heavy atom. The van der Waals surface area contributed by atoms with E-state index in [2.05, 4.69) is 13.8 Å². The van der Waals surface area contributed by atoms with Crippen molar-refractivity contribution < 1.29 is 18.9 Å². The van der Waals surface area contributed by atoms with Crippen molar-refractivity contribution in [2.75, 3.05) is 26.4 Å². The van der Waals surface area contributed by atoms with Gasteiger partial charge in [-0.15, -0.1) is 0 Å². The molecule has 0 atom stereocenters. The summed E-state index contributed by atoms with van der Waals surface area (Å²) in [5.74, 6) is -0.432. The van der Waals surface area contributed by atoms with Crippen molar-refractivity contribution in [2.24, 2.45) is 11.8 Å². The van der Waals surface area contributed by atoms with Crippen molar-refractivity contribution >= 4 is 0 Å². The Kier molecular flexibility index (Phi) is 4.29. The van der Waals surface area contributed by atoms with E-state index < -0.39 is 11.6 Å². The fourth-order valence-corrected chi connectivity index (χ4v) is 2.79. The van der Waals surface area contributed by atoms with Crippen molar-refractivity contribution in [3.63, 3.8) is 0 Å². The molecule has 0 saturated carbocycles. The highest BCUT2D eigenvalue weighted by Crippen LogP contribution is 2.35. The Labute approximate surface area is 132 Å². The molecule has 0 aliphatic carbocycles. The Morgan fingerprint density at radius 3 is 1.23 bits per heavy atom. The second-order valence-electron chi connectivity index (χ2n) is 6.92. The predicted molar refractivity (Wildman–Crippen MR) is 83.3 cm³/mol. The minimum absolute atomic E-state index is 0.442. The van der Waals surface area contributed by atoms with Gasteiger partial charge in [-0.25, -0.2) is 0 Å². The number of hydrogen-bond donors (Lipinski definition) is 0. The highest BCUT2D eigenvalue weighted by Gasteiger charge is 2.36. The molecule has 2 heterocycles. The molecule has 0 spiro atoms. The van der Waals surface area contributed by atoms with E-state index in [1.165, 1.54) is 0 Å². The van der Waals surface area contributed by atoms with Crippen LogP contribution in [0.2, 0.25) is 0 Å². The summed E-state index contributed by atoms with van der Waals surface area (Å²) >= 11 is 0. The van der Waals surface area contributed by atoms with Crippen LogP contribution in [0.3, 0.4) is 0 Å². The Balaban J connectivity index is 1.75. The number of hydrogen-bond acceptors (Lipinski definition) is 4. The van der Waals surface area contributed by atoms with Crippen LogP contribution in [0.1, 0.15) is 38.8 Å². The highest BCUT2D eigenvalue weighted by atomic mass is 16.7. The molecule has 22 heavy (non-hydrogen) atoms. The molecule has 2 aliphatic heterocycles. The van der Waals surface area contributed by atoms with Gasteiger partial charge in [0.05, 0.1) is 26.4 Å². The first-order valence-electron chi connectivity index (χ1n) is 8.08. The first-order chi connectivity index (χ1) is 10.4. The van der Waals surface area contributed by atoms with E-state index in [9.17, 15) is 0 Å². The third kappa shape index (κ3) is 3.06.